The van der Waals surface area contributed by atoms with Crippen molar-refractivity contribution in [2.45, 2.75) is 0 Å². The van der Waals surface area contributed by atoms with E-state index in [1.165, 1.54) is 71.0 Å². The van der Waals surface area contributed by atoms with Crippen LogP contribution >= 0.6 is 0 Å². The predicted octanol–water partition coefficient (Wildman–Crippen LogP) is 20.3. The van der Waals surface area contributed by atoms with Crippen molar-refractivity contribution in [1.82, 2.24) is 4.57 Å². The summed E-state index contributed by atoms with van der Waals surface area (Å²) in [6.45, 7) is 0. The van der Waals surface area contributed by atoms with E-state index in [0.29, 0.717) is 0 Å². The van der Waals surface area contributed by atoms with E-state index < -0.39 is 0 Å². The minimum absolute atomic E-state index is 0.853. The summed E-state index contributed by atoms with van der Waals surface area (Å²) in [6, 6.07) is 101. The van der Waals surface area contributed by atoms with Gasteiger partial charge in [0.1, 0.15) is 11.2 Å². The number of nitrogens with zero attached hydrogens (tertiary/aromatic N) is 2. The number of para-hydroxylation sites is 3. The lowest BCUT2D eigenvalue weighted by molar-refractivity contribution is 0.670. The Morgan fingerprint density at radius 1 is 0.280 bits per heavy atom. The van der Waals surface area contributed by atoms with Gasteiger partial charge in [0.05, 0.1) is 27.8 Å². The molecule has 3 nitrogen and oxygen atoms in total. The van der Waals surface area contributed by atoms with Crippen LogP contribution in [0, 0.1) is 0 Å². The topological polar surface area (TPSA) is 21.3 Å². The average Bonchev–Trinajstić information content (AvgIpc) is 4.07. The van der Waals surface area contributed by atoms with Gasteiger partial charge in [-0.15, -0.1) is 0 Å². The van der Waals surface area contributed by atoms with Gasteiger partial charge in [0.25, 0.3) is 0 Å². The molecule has 0 radical (unpaired) electrons. The molecule has 0 atom stereocenters. The molecule has 0 aliphatic heterocycles. The van der Waals surface area contributed by atoms with Gasteiger partial charge in [0, 0.05) is 38.5 Å². The first-order chi connectivity index (χ1) is 37.2. The summed E-state index contributed by atoms with van der Waals surface area (Å²) in [4.78, 5) is 2.46. The van der Waals surface area contributed by atoms with Crippen molar-refractivity contribution in [1.29, 1.82) is 0 Å². The van der Waals surface area contributed by atoms with Gasteiger partial charge in [-0.05, 0) is 127 Å². The smallest absolute Gasteiger partial charge is 0.145 e. The van der Waals surface area contributed by atoms with Crippen LogP contribution in [0.15, 0.2) is 283 Å². The van der Waals surface area contributed by atoms with Gasteiger partial charge < -0.3 is 13.9 Å². The van der Waals surface area contributed by atoms with Gasteiger partial charge in [-0.3, -0.25) is 0 Å². The number of fused-ring (bicyclic) bond motifs is 9. The molecule has 0 spiro atoms. The van der Waals surface area contributed by atoms with Crippen LogP contribution in [0.2, 0.25) is 0 Å². The van der Waals surface area contributed by atoms with Crippen molar-refractivity contribution in [3.8, 4) is 50.2 Å². The maximum atomic E-state index is 7.04. The molecule has 15 aromatic rings. The van der Waals surface area contributed by atoms with Crippen LogP contribution in [-0.2, 0) is 0 Å². The average molecular weight is 955 g/mol. The molecule has 2 aromatic heterocycles. The zero-order chi connectivity index (χ0) is 49.4. The fourth-order valence-electron chi connectivity index (χ4n) is 12.0. The molecule has 0 fully saturated rings. The highest BCUT2D eigenvalue weighted by molar-refractivity contribution is 6.22. The first-order valence-electron chi connectivity index (χ1n) is 25.7. The van der Waals surface area contributed by atoms with E-state index >= 15 is 0 Å². The molecule has 0 amide bonds. The van der Waals surface area contributed by atoms with Crippen LogP contribution in [0.3, 0.4) is 0 Å². The Morgan fingerprint density at radius 3 is 1.55 bits per heavy atom. The minimum atomic E-state index is 0.853. The Kier molecular flexibility index (Phi) is 9.89. The standard InChI is InChI=1S/C72H46N2O/c1-2-21-52(22-3-1)73-65-32-12-10-27-63(65)70-61(31-16-33-67(70)73)59-43-45-66(60-26-9-8-25-58(59)60)74(53-41-39-48(40-42-53)47-35-37-51(38-36-47)55-29-14-19-49-17-4-6-23-54(49)55)68-46-44-62(57-30-15-20-50-18-5-7-24-56(50)57)72-71(68)64-28-11-13-34-69(64)75-72/h1-46H. The van der Waals surface area contributed by atoms with E-state index in [2.05, 4.69) is 289 Å². The van der Waals surface area contributed by atoms with Crippen molar-refractivity contribution in [2.75, 3.05) is 4.90 Å². The SMILES string of the molecule is c1ccc(-n2c3ccccc3c3c(-c4ccc(N(c5ccc(-c6ccc(-c7cccc8ccccc78)cc6)cc5)c5ccc(-c6cccc7ccccc67)c6oc7ccccc7c56)c5ccccc45)cccc32)cc1. The monoisotopic (exact) mass is 954 g/mol. The number of furan rings is 1. The molecule has 0 saturated carbocycles. The molecular weight excluding hydrogens is 909 g/mol. The van der Waals surface area contributed by atoms with E-state index in [1.807, 2.05) is 0 Å². The number of aromatic nitrogens is 1. The first-order valence-corrected chi connectivity index (χ1v) is 25.7. The third-order valence-electron chi connectivity index (χ3n) is 15.4. The van der Waals surface area contributed by atoms with E-state index in [0.717, 1.165) is 72.3 Å². The molecule has 0 aliphatic rings. The Hall–Kier alpha value is -9.96. The number of hydrogen-bond acceptors (Lipinski definition) is 2. The summed E-state index contributed by atoms with van der Waals surface area (Å²) in [5, 5.41) is 11.8. The molecule has 15 rings (SSSR count). The van der Waals surface area contributed by atoms with Crippen LogP contribution in [0.5, 0.6) is 0 Å². The highest BCUT2D eigenvalue weighted by atomic mass is 16.3. The number of hydrogen-bond donors (Lipinski definition) is 0. The van der Waals surface area contributed by atoms with Gasteiger partial charge in [-0.25, -0.2) is 0 Å². The number of benzene rings is 13. The highest BCUT2D eigenvalue weighted by Gasteiger charge is 2.26. The molecule has 3 heteroatoms. The molecular formula is C72H46N2O. The summed E-state index contributed by atoms with van der Waals surface area (Å²) in [5.74, 6) is 0. The fourth-order valence-corrected chi connectivity index (χ4v) is 12.0. The number of anilines is 3. The van der Waals surface area contributed by atoms with Crippen LogP contribution in [-0.4, -0.2) is 4.57 Å². The summed E-state index contributed by atoms with van der Waals surface area (Å²) >= 11 is 0. The molecule has 350 valence electrons. The zero-order valence-electron chi connectivity index (χ0n) is 40.9. The minimum Gasteiger partial charge on any atom is -0.455 e. The summed E-state index contributed by atoms with van der Waals surface area (Å²) < 4.78 is 9.44. The third-order valence-corrected chi connectivity index (χ3v) is 15.4. The Labute approximate surface area is 434 Å². The van der Waals surface area contributed by atoms with Crippen molar-refractivity contribution < 1.29 is 4.42 Å². The van der Waals surface area contributed by atoms with E-state index in [-0.39, 0.29) is 0 Å². The maximum Gasteiger partial charge on any atom is 0.145 e. The van der Waals surface area contributed by atoms with Crippen molar-refractivity contribution in [3.05, 3.63) is 279 Å². The van der Waals surface area contributed by atoms with Crippen LogP contribution in [0.4, 0.5) is 17.1 Å². The van der Waals surface area contributed by atoms with Gasteiger partial charge >= 0.3 is 0 Å². The summed E-state index contributed by atoms with van der Waals surface area (Å²) in [7, 11) is 0. The predicted molar refractivity (Wildman–Crippen MR) is 317 cm³/mol. The van der Waals surface area contributed by atoms with E-state index in [1.54, 1.807) is 0 Å². The lowest BCUT2D eigenvalue weighted by Crippen LogP contribution is -2.11. The van der Waals surface area contributed by atoms with Crippen molar-refractivity contribution in [3.63, 3.8) is 0 Å². The molecule has 0 aliphatic carbocycles. The Bertz CT molecular complexity index is 4690. The second-order valence-electron chi connectivity index (χ2n) is 19.5. The molecule has 75 heavy (non-hydrogen) atoms. The maximum absolute atomic E-state index is 7.04. The molecule has 0 saturated heterocycles. The summed E-state index contributed by atoms with van der Waals surface area (Å²) in [5.41, 5.74) is 17.7. The lowest BCUT2D eigenvalue weighted by atomic mass is 9.92. The highest BCUT2D eigenvalue weighted by Crippen LogP contribution is 2.50. The van der Waals surface area contributed by atoms with Gasteiger partial charge in [-0.1, -0.05) is 218 Å². The third kappa shape index (κ3) is 6.90. The Balaban J connectivity index is 0.937. The molecule has 2 heterocycles. The Morgan fingerprint density at radius 2 is 0.787 bits per heavy atom. The number of rotatable bonds is 8. The van der Waals surface area contributed by atoms with Crippen LogP contribution < -0.4 is 4.90 Å². The summed E-state index contributed by atoms with van der Waals surface area (Å²) in [6.07, 6.45) is 0. The molecule has 0 bridgehead atoms. The normalized spacial score (nSPS) is 11.7. The van der Waals surface area contributed by atoms with E-state index in [4.69, 9.17) is 4.42 Å². The second-order valence-corrected chi connectivity index (χ2v) is 19.5. The molecule has 0 unspecified atom stereocenters. The van der Waals surface area contributed by atoms with Gasteiger partial charge in [-0.2, -0.15) is 0 Å². The van der Waals surface area contributed by atoms with Crippen LogP contribution in [0.1, 0.15) is 0 Å². The largest absolute Gasteiger partial charge is 0.455 e. The van der Waals surface area contributed by atoms with Crippen molar-refractivity contribution in [2.24, 2.45) is 0 Å². The molecule has 13 aromatic carbocycles. The van der Waals surface area contributed by atoms with Gasteiger partial charge in [0.15, 0.2) is 0 Å². The van der Waals surface area contributed by atoms with Gasteiger partial charge in [0.2, 0.25) is 0 Å². The zero-order valence-corrected chi connectivity index (χ0v) is 40.9. The lowest BCUT2D eigenvalue weighted by Gasteiger charge is -2.29. The quantitative estimate of drug-likeness (QED) is 0.151. The van der Waals surface area contributed by atoms with Crippen molar-refractivity contribution >= 4 is 93.1 Å². The van der Waals surface area contributed by atoms with E-state index in [9.17, 15) is 0 Å². The second kappa shape index (κ2) is 17.4. The van der Waals surface area contributed by atoms with Crippen LogP contribution in [0.25, 0.3) is 126 Å². The first kappa shape index (κ1) is 42.7. The fraction of sp³-hybridized carbons (Fsp3) is 0. The molecule has 0 N–H and O–H groups in total.